The quantitative estimate of drug-likeness (QED) is 0.161. The number of fused-ring (bicyclic) bond motifs is 7. The average Bonchev–Trinajstić information content (AvgIpc) is 3.91. The van der Waals surface area contributed by atoms with Crippen molar-refractivity contribution >= 4 is 53.3 Å². The molecule has 0 unspecified atom stereocenters. The first-order valence-electron chi connectivity index (χ1n) is 21.0. The van der Waals surface area contributed by atoms with Gasteiger partial charge in [-0.1, -0.05) is 194 Å². The van der Waals surface area contributed by atoms with Crippen molar-refractivity contribution in [2.75, 3.05) is 0 Å². The molecule has 3 nitrogen and oxygen atoms in total. The molecule has 0 spiro atoms. The van der Waals surface area contributed by atoms with Crippen LogP contribution in [0.25, 0.3) is 115 Å². The summed E-state index contributed by atoms with van der Waals surface area (Å²) in [6.45, 7) is 0. The van der Waals surface area contributed by atoms with E-state index in [1.807, 2.05) is 35.6 Å². The molecule has 290 valence electrons. The Labute approximate surface area is 363 Å². The predicted molar refractivity (Wildman–Crippen MR) is 262 cm³/mol. The number of hydrogen-bond acceptors (Lipinski definition) is 3. The predicted octanol–water partition coefficient (Wildman–Crippen LogP) is 15.9. The number of thiophene rings is 1. The maximum Gasteiger partial charge on any atom is 0.160 e. The number of hydrogen-bond donors (Lipinski definition) is 0. The molecule has 0 atom stereocenters. The van der Waals surface area contributed by atoms with Crippen molar-refractivity contribution in [3.63, 3.8) is 0 Å². The second kappa shape index (κ2) is 15.0. The van der Waals surface area contributed by atoms with Crippen LogP contribution in [0.3, 0.4) is 0 Å². The van der Waals surface area contributed by atoms with E-state index in [9.17, 15) is 0 Å². The van der Waals surface area contributed by atoms with Crippen LogP contribution in [-0.2, 0) is 0 Å². The number of rotatable bonds is 7. The molecule has 12 rings (SSSR count). The maximum atomic E-state index is 5.33. The first kappa shape index (κ1) is 36.0. The molecule has 9 aromatic carbocycles. The van der Waals surface area contributed by atoms with Gasteiger partial charge in [0.25, 0.3) is 0 Å². The minimum atomic E-state index is 0.693. The molecule has 0 radical (unpaired) electrons. The van der Waals surface area contributed by atoms with Crippen LogP contribution < -0.4 is 0 Å². The largest absolute Gasteiger partial charge is 0.308 e. The monoisotopic (exact) mass is 807 g/mol. The molecule has 0 saturated carbocycles. The molecule has 3 aromatic heterocycles. The minimum Gasteiger partial charge on any atom is -0.308 e. The highest BCUT2D eigenvalue weighted by molar-refractivity contribution is 7.27. The Hall–Kier alpha value is -7.92. The highest BCUT2D eigenvalue weighted by Gasteiger charge is 2.24. The molecule has 0 fully saturated rings. The topological polar surface area (TPSA) is 30.7 Å². The van der Waals surface area contributed by atoms with Crippen LogP contribution in [-0.4, -0.2) is 14.5 Å². The van der Waals surface area contributed by atoms with Gasteiger partial charge in [0.1, 0.15) is 0 Å². The lowest BCUT2D eigenvalue weighted by Gasteiger charge is -2.21. The summed E-state index contributed by atoms with van der Waals surface area (Å²) in [6.07, 6.45) is 0. The molecule has 0 aliphatic carbocycles. The van der Waals surface area contributed by atoms with Gasteiger partial charge in [0.15, 0.2) is 5.82 Å². The fraction of sp³-hybridized carbons (Fsp3) is 0. The van der Waals surface area contributed by atoms with E-state index in [-0.39, 0.29) is 0 Å². The van der Waals surface area contributed by atoms with Gasteiger partial charge in [0.2, 0.25) is 0 Å². The van der Waals surface area contributed by atoms with E-state index in [4.69, 9.17) is 9.97 Å². The maximum absolute atomic E-state index is 5.33. The fourth-order valence-corrected chi connectivity index (χ4v) is 10.6. The van der Waals surface area contributed by atoms with E-state index in [1.165, 1.54) is 47.6 Å². The lowest BCUT2D eigenvalue weighted by atomic mass is 9.91. The van der Waals surface area contributed by atoms with Crippen LogP contribution in [0.1, 0.15) is 0 Å². The van der Waals surface area contributed by atoms with E-state index in [0.29, 0.717) is 5.82 Å². The molecule has 0 bridgehead atoms. The number of aromatic nitrogens is 3. The lowest BCUT2D eigenvalue weighted by molar-refractivity contribution is 1.17. The summed E-state index contributed by atoms with van der Waals surface area (Å²) in [4.78, 5) is 10.5. The molecule has 4 heteroatoms. The van der Waals surface area contributed by atoms with Crippen LogP contribution in [0, 0.1) is 0 Å². The third-order valence-electron chi connectivity index (χ3n) is 12.0. The zero-order chi connectivity index (χ0) is 41.0. The highest BCUT2D eigenvalue weighted by atomic mass is 32.1. The zero-order valence-electron chi connectivity index (χ0n) is 33.6. The Balaban J connectivity index is 1.18. The van der Waals surface area contributed by atoms with Crippen LogP contribution in [0.4, 0.5) is 0 Å². The lowest BCUT2D eigenvalue weighted by Crippen LogP contribution is -2.02. The standard InChI is InChI=1S/C58H37N3S/c1-6-19-38(20-7-1)44-30-18-31-45-46-33-34-53-54(57(46)62-56(44)45)47-29-16-17-32-52(47)61(53)55-48(39-21-8-2-9-22-39)35-43(36-49(55)40-23-10-3-11-24-40)51-37-50(41-25-12-4-13-26-41)59-58(60-51)42-27-14-5-15-28-42/h1-37H. The first-order valence-corrected chi connectivity index (χ1v) is 21.8. The summed E-state index contributed by atoms with van der Waals surface area (Å²) in [5, 5.41) is 5.08. The Morgan fingerprint density at radius 1 is 0.323 bits per heavy atom. The minimum absolute atomic E-state index is 0.693. The van der Waals surface area contributed by atoms with Crippen molar-refractivity contribution in [2.24, 2.45) is 0 Å². The molecule has 0 aliphatic heterocycles. The molecule has 12 aromatic rings. The van der Waals surface area contributed by atoms with Crippen molar-refractivity contribution in [3.05, 3.63) is 224 Å². The molecule has 0 N–H and O–H groups in total. The Morgan fingerprint density at radius 3 is 1.42 bits per heavy atom. The first-order chi connectivity index (χ1) is 30.8. The van der Waals surface area contributed by atoms with E-state index >= 15 is 0 Å². The van der Waals surface area contributed by atoms with Crippen molar-refractivity contribution < 1.29 is 0 Å². The molecule has 0 amide bonds. The van der Waals surface area contributed by atoms with Gasteiger partial charge in [0.05, 0.1) is 28.1 Å². The van der Waals surface area contributed by atoms with E-state index in [2.05, 4.69) is 205 Å². The van der Waals surface area contributed by atoms with Crippen molar-refractivity contribution in [1.29, 1.82) is 0 Å². The molecule has 0 aliphatic rings. The summed E-state index contributed by atoms with van der Waals surface area (Å²) in [6, 6.07) is 80.3. The van der Waals surface area contributed by atoms with E-state index in [1.54, 1.807) is 0 Å². The molecule has 0 saturated heterocycles. The van der Waals surface area contributed by atoms with Gasteiger partial charge in [-0.2, -0.15) is 0 Å². The van der Waals surface area contributed by atoms with Gasteiger partial charge in [-0.05, 0) is 52.6 Å². The van der Waals surface area contributed by atoms with Crippen LogP contribution in [0.2, 0.25) is 0 Å². The van der Waals surface area contributed by atoms with Gasteiger partial charge in [0, 0.05) is 58.8 Å². The molecule has 62 heavy (non-hydrogen) atoms. The van der Waals surface area contributed by atoms with Gasteiger partial charge < -0.3 is 4.57 Å². The van der Waals surface area contributed by atoms with Crippen molar-refractivity contribution in [3.8, 4) is 73.0 Å². The summed E-state index contributed by atoms with van der Waals surface area (Å²) in [5.41, 5.74) is 15.2. The Morgan fingerprint density at radius 2 is 0.806 bits per heavy atom. The summed E-state index contributed by atoms with van der Waals surface area (Å²) >= 11 is 1.91. The summed E-state index contributed by atoms with van der Waals surface area (Å²) in [7, 11) is 0. The van der Waals surface area contributed by atoms with Gasteiger partial charge in [-0.15, -0.1) is 11.3 Å². The molecular weight excluding hydrogens is 771 g/mol. The summed E-state index contributed by atoms with van der Waals surface area (Å²) < 4.78 is 5.14. The van der Waals surface area contributed by atoms with Crippen LogP contribution in [0.5, 0.6) is 0 Å². The van der Waals surface area contributed by atoms with Gasteiger partial charge >= 0.3 is 0 Å². The fourth-order valence-electron chi connectivity index (χ4n) is 9.16. The number of nitrogens with zero attached hydrogens (tertiary/aromatic N) is 3. The van der Waals surface area contributed by atoms with E-state index < -0.39 is 0 Å². The number of para-hydroxylation sites is 1. The molecular formula is C58H37N3S. The van der Waals surface area contributed by atoms with Gasteiger partial charge in [-0.3, -0.25) is 0 Å². The van der Waals surface area contributed by atoms with Crippen LogP contribution in [0.15, 0.2) is 224 Å². The van der Waals surface area contributed by atoms with Gasteiger partial charge in [-0.25, -0.2) is 9.97 Å². The van der Waals surface area contributed by atoms with Crippen molar-refractivity contribution in [1.82, 2.24) is 14.5 Å². The van der Waals surface area contributed by atoms with Crippen LogP contribution >= 0.6 is 11.3 Å². The van der Waals surface area contributed by atoms with E-state index in [0.717, 1.165) is 61.5 Å². The molecule has 3 heterocycles. The third-order valence-corrected chi connectivity index (χ3v) is 13.3. The second-order valence-electron chi connectivity index (χ2n) is 15.7. The third kappa shape index (κ3) is 6.03. The highest BCUT2D eigenvalue weighted by Crippen LogP contribution is 2.48. The average molecular weight is 808 g/mol. The number of benzene rings is 9. The smallest absolute Gasteiger partial charge is 0.160 e. The summed E-state index contributed by atoms with van der Waals surface area (Å²) in [5.74, 6) is 0.693. The second-order valence-corrected chi connectivity index (χ2v) is 16.7. The zero-order valence-corrected chi connectivity index (χ0v) is 34.4. The Kier molecular flexibility index (Phi) is 8.68. The Bertz CT molecular complexity index is 3480. The SMILES string of the molecule is c1ccc(-c2cc(-c3cc(-c4ccccc4)c(-n4c5ccccc5c5c6sc7c(-c8ccccc8)cccc7c6ccc54)c(-c4ccccc4)c3)nc(-c3ccccc3)n2)cc1. The van der Waals surface area contributed by atoms with Crippen molar-refractivity contribution in [2.45, 2.75) is 0 Å². The normalized spacial score (nSPS) is 11.5.